The third-order valence-electron chi connectivity index (χ3n) is 2.43. The maximum Gasteiger partial charge on any atom is 0.113 e. The summed E-state index contributed by atoms with van der Waals surface area (Å²) in [5.74, 6) is 1.14. The second-order valence-corrected chi connectivity index (χ2v) is 3.76. The van der Waals surface area contributed by atoms with Gasteiger partial charge in [0, 0.05) is 20.6 Å². The van der Waals surface area contributed by atoms with Gasteiger partial charge in [0.05, 0.1) is 11.2 Å². The fraction of sp³-hybridized carbons (Fsp3) is 0.364. The van der Waals surface area contributed by atoms with Crippen LogP contribution in [0.4, 0.5) is 5.82 Å². The van der Waals surface area contributed by atoms with Crippen LogP contribution in [0.15, 0.2) is 24.5 Å². The highest BCUT2D eigenvalue weighted by Crippen LogP contribution is 2.17. The molecule has 0 bridgehead atoms. The zero-order chi connectivity index (χ0) is 10.8. The number of imidazole rings is 1. The van der Waals surface area contributed by atoms with Gasteiger partial charge in [-0.1, -0.05) is 6.07 Å². The van der Waals surface area contributed by atoms with E-state index in [2.05, 4.69) is 37.8 Å². The van der Waals surface area contributed by atoms with E-state index < -0.39 is 0 Å². The number of anilines is 1. The second-order valence-electron chi connectivity index (χ2n) is 3.76. The lowest BCUT2D eigenvalue weighted by Crippen LogP contribution is -2.12. The number of nitrogens with one attached hydrogen (secondary N) is 1. The molecular formula is C11H16N4. The van der Waals surface area contributed by atoms with Gasteiger partial charge >= 0.3 is 0 Å². The minimum atomic E-state index is 0.799. The first kappa shape index (κ1) is 9.98. The van der Waals surface area contributed by atoms with Crippen molar-refractivity contribution in [1.82, 2.24) is 14.7 Å². The van der Waals surface area contributed by atoms with Gasteiger partial charge in [-0.05, 0) is 19.2 Å². The Morgan fingerprint density at radius 3 is 2.87 bits per heavy atom. The van der Waals surface area contributed by atoms with Gasteiger partial charge in [0.1, 0.15) is 12.1 Å². The van der Waals surface area contributed by atoms with E-state index in [1.54, 1.807) is 0 Å². The number of hydrogen-bond donors (Lipinski definition) is 1. The van der Waals surface area contributed by atoms with Crippen molar-refractivity contribution in [3.8, 4) is 0 Å². The SMILES string of the molecule is CNCc1ncn2c(N(C)C)cccc12. The van der Waals surface area contributed by atoms with E-state index in [0.29, 0.717) is 0 Å². The van der Waals surface area contributed by atoms with Gasteiger partial charge in [0.25, 0.3) is 0 Å². The summed E-state index contributed by atoms with van der Waals surface area (Å²) in [6, 6.07) is 6.23. The molecule has 2 aromatic rings. The lowest BCUT2D eigenvalue weighted by atomic mass is 10.3. The van der Waals surface area contributed by atoms with Crippen LogP contribution in [0.5, 0.6) is 0 Å². The van der Waals surface area contributed by atoms with Gasteiger partial charge in [-0.2, -0.15) is 0 Å². The smallest absolute Gasteiger partial charge is 0.113 e. The molecule has 0 aromatic carbocycles. The molecule has 0 amide bonds. The summed E-state index contributed by atoms with van der Waals surface area (Å²) in [6.45, 7) is 0.799. The van der Waals surface area contributed by atoms with Crippen LogP contribution in [-0.2, 0) is 6.54 Å². The number of fused-ring (bicyclic) bond motifs is 1. The monoisotopic (exact) mass is 204 g/mol. The Morgan fingerprint density at radius 2 is 2.20 bits per heavy atom. The third kappa shape index (κ3) is 1.68. The highest BCUT2D eigenvalue weighted by molar-refractivity contribution is 5.58. The molecule has 0 unspecified atom stereocenters. The van der Waals surface area contributed by atoms with Gasteiger partial charge in [0.15, 0.2) is 0 Å². The van der Waals surface area contributed by atoms with E-state index >= 15 is 0 Å². The molecule has 0 aliphatic carbocycles. The first-order valence-electron chi connectivity index (χ1n) is 5.01. The molecule has 0 aliphatic heterocycles. The van der Waals surface area contributed by atoms with Gasteiger partial charge in [-0.15, -0.1) is 0 Å². The lowest BCUT2D eigenvalue weighted by Gasteiger charge is -2.14. The Morgan fingerprint density at radius 1 is 1.40 bits per heavy atom. The largest absolute Gasteiger partial charge is 0.364 e. The molecule has 2 heterocycles. The molecule has 0 aliphatic rings. The normalized spacial score (nSPS) is 10.9. The van der Waals surface area contributed by atoms with E-state index in [4.69, 9.17) is 0 Å². The first-order valence-corrected chi connectivity index (χ1v) is 5.01. The van der Waals surface area contributed by atoms with E-state index in [9.17, 15) is 0 Å². The predicted octanol–water partition coefficient (Wildman–Crippen LogP) is 1.12. The number of nitrogens with zero attached hydrogens (tertiary/aromatic N) is 3. The minimum Gasteiger partial charge on any atom is -0.364 e. The van der Waals surface area contributed by atoms with Crippen molar-refractivity contribution in [2.24, 2.45) is 0 Å². The summed E-state index contributed by atoms with van der Waals surface area (Å²) in [4.78, 5) is 6.48. The molecule has 80 valence electrons. The standard InChI is InChI=1S/C11H16N4/c1-12-7-9-10-5-4-6-11(14(2)3)15(10)8-13-9/h4-6,8,12H,7H2,1-3H3. The molecule has 15 heavy (non-hydrogen) atoms. The lowest BCUT2D eigenvalue weighted by molar-refractivity contribution is 0.802. The molecule has 0 atom stereocenters. The van der Waals surface area contributed by atoms with Crippen LogP contribution in [0.3, 0.4) is 0 Å². The highest BCUT2D eigenvalue weighted by atomic mass is 15.2. The minimum absolute atomic E-state index is 0.799. The van der Waals surface area contributed by atoms with Crippen molar-refractivity contribution in [1.29, 1.82) is 0 Å². The molecule has 0 spiro atoms. The summed E-state index contributed by atoms with van der Waals surface area (Å²) >= 11 is 0. The summed E-state index contributed by atoms with van der Waals surface area (Å²) in [5.41, 5.74) is 2.25. The number of hydrogen-bond acceptors (Lipinski definition) is 3. The van der Waals surface area contributed by atoms with E-state index in [-0.39, 0.29) is 0 Å². The Bertz CT molecular complexity index is 459. The van der Waals surface area contributed by atoms with Crippen LogP contribution >= 0.6 is 0 Å². The van der Waals surface area contributed by atoms with Crippen molar-refractivity contribution in [2.75, 3.05) is 26.0 Å². The third-order valence-corrected chi connectivity index (χ3v) is 2.43. The van der Waals surface area contributed by atoms with E-state index in [0.717, 1.165) is 23.6 Å². The topological polar surface area (TPSA) is 32.6 Å². The fourth-order valence-electron chi connectivity index (χ4n) is 1.73. The summed E-state index contributed by atoms with van der Waals surface area (Å²) < 4.78 is 2.10. The number of rotatable bonds is 3. The molecule has 0 fully saturated rings. The fourth-order valence-corrected chi connectivity index (χ4v) is 1.73. The van der Waals surface area contributed by atoms with Crippen molar-refractivity contribution >= 4 is 11.3 Å². The zero-order valence-corrected chi connectivity index (χ0v) is 9.36. The molecular weight excluding hydrogens is 188 g/mol. The van der Waals surface area contributed by atoms with Gasteiger partial charge in [0.2, 0.25) is 0 Å². The first-order chi connectivity index (χ1) is 7.24. The molecule has 2 rings (SSSR count). The van der Waals surface area contributed by atoms with Crippen LogP contribution < -0.4 is 10.2 Å². The molecule has 0 saturated heterocycles. The zero-order valence-electron chi connectivity index (χ0n) is 9.36. The van der Waals surface area contributed by atoms with Crippen molar-refractivity contribution in [3.05, 3.63) is 30.2 Å². The second kappa shape index (κ2) is 3.90. The van der Waals surface area contributed by atoms with Crippen molar-refractivity contribution in [2.45, 2.75) is 6.54 Å². The Labute approximate surface area is 89.5 Å². The van der Waals surface area contributed by atoms with Crippen LogP contribution in [0.1, 0.15) is 5.69 Å². The van der Waals surface area contributed by atoms with E-state index in [1.807, 2.05) is 27.5 Å². The highest BCUT2D eigenvalue weighted by Gasteiger charge is 2.06. The number of aromatic nitrogens is 2. The Kier molecular flexibility index (Phi) is 2.60. The van der Waals surface area contributed by atoms with Gasteiger partial charge < -0.3 is 10.2 Å². The molecule has 0 radical (unpaired) electrons. The van der Waals surface area contributed by atoms with Crippen LogP contribution in [0.25, 0.3) is 5.52 Å². The predicted molar refractivity (Wildman–Crippen MR) is 62.3 cm³/mol. The van der Waals surface area contributed by atoms with Crippen molar-refractivity contribution < 1.29 is 0 Å². The average Bonchev–Trinajstić information content (AvgIpc) is 2.62. The number of pyridine rings is 1. The average molecular weight is 204 g/mol. The maximum atomic E-state index is 4.40. The van der Waals surface area contributed by atoms with Crippen LogP contribution in [-0.4, -0.2) is 30.5 Å². The van der Waals surface area contributed by atoms with Gasteiger partial charge in [-0.25, -0.2) is 4.98 Å². The molecule has 2 aromatic heterocycles. The Balaban J connectivity index is 2.58. The molecule has 4 heteroatoms. The maximum absolute atomic E-state index is 4.40. The molecule has 0 saturated carbocycles. The van der Waals surface area contributed by atoms with Crippen LogP contribution in [0.2, 0.25) is 0 Å². The summed E-state index contributed by atoms with van der Waals surface area (Å²) in [6.07, 6.45) is 1.87. The van der Waals surface area contributed by atoms with Crippen molar-refractivity contribution in [3.63, 3.8) is 0 Å². The Hall–Kier alpha value is -1.55. The van der Waals surface area contributed by atoms with E-state index in [1.165, 1.54) is 0 Å². The summed E-state index contributed by atoms with van der Waals surface area (Å²) in [5, 5.41) is 3.12. The van der Waals surface area contributed by atoms with Crippen LogP contribution in [0, 0.1) is 0 Å². The quantitative estimate of drug-likeness (QED) is 0.813. The molecule has 1 N–H and O–H groups in total. The van der Waals surface area contributed by atoms with Gasteiger partial charge in [-0.3, -0.25) is 4.40 Å². The summed E-state index contributed by atoms with van der Waals surface area (Å²) in [7, 11) is 6.00. The molecule has 4 nitrogen and oxygen atoms in total.